The highest BCUT2D eigenvalue weighted by Gasteiger charge is 2.25. The summed E-state index contributed by atoms with van der Waals surface area (Å²) in [7, 11) is 0. The van der Waals surface area contributed by atoms with E-state index in [-0.39, 0.29) is 37.4 Å². The molecule has 0 saturated heterocycles. The van der Waals surface area contributed by atoms with Crippen LogP contribution >= 0.6 is 12.6 Å². The largest absolute Gasteiger partial charge is 0.379 e. The van der Waals surface area contributed by atoms with Gasteiger partial charge in [-0.2, -0.15) is 12.6 Å². The van der Waals surface area contributed by atoms with Crippen LogP contribution in [-0.4, -0.2) is 142 Å². The van der Waals surface area contributed by atoms with Crippen LogP contribution in [0.1, 0.15) is 19.3 Å². The van der Waals surface area contributed by atoms with E-state index in [0.29, 0.717) is 117 Å². The van der Waals surface area contributed by atoms with Gasteiger partial charge in [-0.3, -0.25) is 9.59 Å². The Labute approximate surface area is 244 Å². The molecule has 0 aromatic heterocycles. The van der Waals surface area contributed by atoms with Gasteiger partial charge in [-0.15, -0.1) is 0 Å². The number of nitrogens with two attached hydrogens (primary N) is 1. The number of ether oxygens (including phenoxy) is 8. The van der Waals surface area contributed by atoms with Crippen LogP contribution < -0.4 is 16.4 Å². The Hall–Kier alpha value is -1.07. The monoisotopic (exact) mass is 597 g/mol. The molecule has 1 rings (SSSR count). The van der Waals surface area contributed by atoms with Crippen LogP contribution in [0.25, 0.3) is 0 Å². The van der Waals surface area contributed by atoms with Gasteiger partial charge in [-0.25, -0.2) is 0 Å². The van der Waals surface area contributed by atoms with Crippen molar-refractivity contribution in [2.75, 3.05) is 125 Å². The zero-order valence-corrected chi connectivity index (χ0v) is 24.7. The molecule has 1 saturated carbocycles. The van der Waals surface area contributed by atoms with Gasteiger partial charge in [0.15, 0.2) is 0 Å². The van der Waals surface area contributed by atoms with E-state index in [2.05, 4.69) is 23.3 Å². The summed E-state index contributed by atoms with van der Waals surface area (Å²) in [5.41, 5.74) is 5.72. The van der Waals surface area contributed by atoms with Gasteiger partial charge in [0.25, 0.3) is 0 Å². The Morgan fingerprint density at radius 1 is 0.575 bits per heavy atom. The summed E-state index contributed by atoms with van der Waals surface area (Å²) in [6.07, 6.45) is 2.07. The van der Waals surface area contributed by atoms with E-state index in [1.165, 1.54) is 0 Å². The van der Waals surface area contributed by atoms with E-state index in [9.17, 15) is 9.59 Å². The van der Waals surface area contributed by atoms with Crippen LogP contribution in [0.2, 0.25) is 0 Å². The molecule has 14 heteroatoms. The Morgan fingerprint density at radius 3 is 1.32 bits per heavy atom. The molecule has 0 radical (unpaired) electrons. The van der Waals surface area contributed by atoms with Gasteiger partial charge < -0.3 is 54.3 Å². The fourth-order valence-corrected chi connectivity index (χ4v) is 3.54. The smallest absolute Gasteiger partial charge is 0.239 e. The average molecular weight is 598 g/mol. The summed E-state index contributed by atoms with van der Waals surface area (Å²) in [6.45, 7) is 8.36. The maximum absolute atomic E-state index is 11.8. The standard InChI is InChI=1S/C26H51N3O10S/c27-24-19-23(20-24)21-28-26(31)22-29-25(30)1-2-32-3-4-33-5-6-34-7-8-35-9-10-36-11-12-37-13-14-38-15-16-39-17-18-40/h23-24,40H,1-22,27H2,(H,28,31)(H,29,30). The van der Waals surface area contributed by atoms with E-state index in [1.807, 2.05) is 0 Å². The lowest BCUT2D eigenvalue weighted by molar-refractivity contribution is -0.127. The third-order valence-electron chi connectivity index (χ3n) is 5.62. The molecule has 0 atom stereocenters. The molecule has 0 aromatic carbocycles. The minimum absolute atomic E-state index is 0.0270. The van der Waals surface area contributed by atoms with E-state index in [4.69, 9.17) is 43.6 Å². The van der Waals surface area contributed by atoms with Gasteiger partial charge in [0.1, 0.15) is 0 Å². The molecule has 1 aliphatic rings. The minimum Gasteiger partial charge on any atom is -0.379 e. The van der Waals surface area contributed by atoms with Crippen LogP contribution in [0.15, 0.2) is 0 Å². The molecule has 40 heavy (non-hydrogen) atoms. The number of hydrogen-bond acceptors (Lipinski definition) is 12. The molecule has 0 unspecified atom stereocenters. The molecule has 1 aliphatic carbocycles. The molecule has 1 fully saturated rings. The first-order valence-corrected chi connectivity index (χ1v) is 14.8. The lowest BCUT2D eigenvalue weighted by Crippen LogP contribution is -2.45. The Morgan fingerprint density at radius 2 is 0.950 bits per heavy atom. The molecule has 0 aliphatic heterocycles. The number of rotatable bonds is 30. The Balaban J connectivity index is 1.68. The zero-order valence-electron chi connectivity index (χ0n) is 23.8. The molecular weight excluding hydrogens is 546 g/mol. The van der Waals surface area contributed by atoms with Gasteiger partial charge in [0.2, 0.25) is 11.8 Å². The topological polar surface area (TPSA) is 158 Å². The summed E-state index contributed by atoms with van der Waals surface area (Å²) in [4.78, 5) is 23.5. The van der Waals surface area contributed by atoms with E-state index >= 15 is 0 Å². The van der Waals surface area contributed by atoms with Crippen molar-refractivity contribution in [2.24, 2.45) is 11.7 Å². The molecule has 0 bridgehead atoms. The Bertz CT molecular complexity index is 603. The second kappa shape index (κ2) is 28.1. The molecular formula is C26H51N3O10S. The molecule has 4 N–H and O–H groups in total. The highest BCUT2D eigenvalue weighted by molar-refractivity contribution is 7.80. The van der Waals surface area contributed by atoms with Crippen molar-refractivity contribution in [2.45, 2.75) is 25.3 Å². The van der Waals surface area contributed by atoms with Crippen molar-refractivity contribution in [3.05, 3.63) is 0 Å². The fourth-order valence-electron chi connectivity index (χ4n) is 3.41. The number of carbonyl (C=O) groups is 2. The zero-order chi connectivity index (χ0) is 28.9. The normalized spacial score (nSPS) is 16.6. The minimum atomic E-state index is -0.225. The molecule has 0 spiro atoms. The van der Waals surface area contributed by atoms with Crippen molar-refractivity contribution < 1.29 is 47.5 Å². The number of hydrogen-bond donors (Lipinski definition) is 4. The average Bonchev–Trinajstić information content (AvgIpc) is 2.93. The summed E-state index contributed by atoms with van der Waals surface area (Å²) < 4.78 is 43.1. The molecule has 0 aromatic rings. The summed E-state index contributed by atoms with van der Waals surface area (Å²) >= 11 is 4.06. The van der Waals surface area contributed by atoms with Crippen LogP contribution in [0, 0.1) is 5.92 Å². The number of carbonyl (C=O) groups excluding carboxylic acids is 2. The van der Waals surface area contributed by atoms with Gasteiger partial charge in [0.05, 0.1) is 112 Å². The van der Waals surface area contributed by atoms with Crippen LogP contribution in [-0.2, 0) is 47.5 Å². The van der Waals surface area contributed by atoms with Crippen LogP contribution in [0.5, 0.6) is 0 Å². The molecule has 13 nitrogen and oxygen atoms in total. The fraction of sp³-hybridized carbons (Fsp3) is 0.923. The maximum Gasteiger partial charge on any atom is 0.239 e. The van der Waals surface area contributed by atoms with Crippen molar-refractivity contribution in [3.63, 3.8) is 0 Å². The second-order valence-corrected chi connectivity index (χ2v) is 9.50. The predicted octanol–water partition coefficient (Wildman–Crippen LogP) is -0.591. The summed E-state index contributed by atoms with van der Waals surface area (Å²) in [6, 6.07) is 0.261. The van der Waals surface area contributed by atoms with Gasteiger partial charge in [0, 0.05) is 24.8 Å². The highest BCUT2D eigenvalue weighted by Crippen LogP contribution is 2.24. The molecule has 236 valence electrons. The van der Waals surface area contributed by atoms with Gasteiger partial charge in [-0.05, 0) is 18.8 Å². The quantitative estimate of drug-likeness (QED) is 0.0620. The van der Waals surface area contributed by atoms with Crippen molar-refractivity contribution in [1.82, 2.24) is 10.6 Å². The van der Waals surface area contributed by atoms with Crippen molar-refractivity contribution >= 4 is 24.4 Å². The molecule has 0 heterocycles. The third kappa shape index (κ3) is 24.7. The van der Waals surface area contributed by atoms with E-state index in [1.54, 1.807) is 0 Å². The Kier molecular flexibility index (Phi) is 25.9. The first-order chi connectivity index (χ1) is 19.6. The summed E-state index contributed by atoms with van der Waals surface area (Å²) in [5, 5.41) is 5.39. The number of nitrogens with one attached hydrogen (secondary N) is 2. The van der Waals surface area contributed by atoms with E-state index in [0.717, 1.165) is 12.8 Å². The lowest BCUT2D eigenvalue weighted by Gasteiger charge is -2.32. The SMILES string of the molecule is NC1CC(CNC(=O)CNC(=O)CCOCCOCCOCCOCCOCCOCCOCCOCCS)C1. The lowest BCUT2D eigenvalue weighted by atomic mass is 9.81. The third-order valence-corrected chi connectivity index (χ3v) is 5.80. The molecule has 2 amide bonds. The number of amides is 2. The maximum atomic E-state index is 11.8. The first kappa shape index (κ1) is 37.0. The first-order valence-electron chi connectivity index (χ1n) is 14.1. The van der Waals surface area contributed by atoms with Crippen LogP contribution in [0.4, 0.5) is 0 Å². The predicted molar refractivity (Wildman–Crippen MR) is 152 cm³/mol. The summed E-state index contributed by atoms with van der Waals surface area (Å²) in [5.74, 6) is 0.751. The van der Waals surface area contributed by atoms with Gasteiger partial charge in [-0.1, -0.05) is 0 Å². The number of thiol groups is 1. The second-order valence-electron chi connectivity index (χ2n) is 9.05. The van der Waals surface area contributed by atoms with Crippen molar-refractivity contribution in [1.29, 1.82) is 0 Å². The van der Waals surface area contributed by atoms with Crippen LogP contribution in [0.3, 0.4) is 0 Å². The van der Waals surface area contributed by atoms with Crippen molar-refractivity contribution in [3.8, 4) is 0 Å². The highest BCUT2D eigenvalue weighted by atomic mass is 32.1. The van der Waals surface area contributed by atoms with E-state index < -0.39 is 0 Å². The van der Waals surface area contributed by atoms with Gasteiger partial charge >= 0.3 is 0 Å².